The van der Waals surface area contributed by atoms with Crippen molar-refractivity contribution in [3.63, 3.8) is 0 Å². The van der Waals surface area contributed by atoms with E-state index in [4.69, 9.17) is 0 Å². The van der Waals surface area contributed by atoms with Crippen LogP contribution in [0.1, 0.15) is 5.56 Å². The molecule has 0 bridgehead atoms. The van der Waals surface area contributed by atoms with Gasteiger partial charge in [0.25, 0.3) is 5.69 Å². The maximum Gasteiger partial charge on any atom is 0.269 e. The van der Waals surface area contributed by atoms with E-state index in [2.05, 4.69) is 10.7 Å². The summed E-state index contributed by atoms with van der Waals surface area (Å²) in [5.74, 6) is 3.20. The number of benzene rings is 1. The van der Waals surface area contributed by atoms with E-state index in [1.165, 1.54) is 12.1 Å². The average molecular weight is 206 g/mol. The van der Waals surface area contributed by atoms with E-state index in [-0.39, 0.29) is 18.1 Å². The summed E-state index contributed by atoms with van der Waals surface area (Å²) in [6.45, 7) is 0.373. The number of halogens is 1. The fraction of sp³-hybridized carbons (Fsp3) is 0.143. The minimum absolute atomic E-state index is 0. The first kappa shape index (κ1) is 11.8. The summed E-state index contributed by atoms with van der Waals surface area (Å²) in [5, 5.41) is 10.2. The predicted octanol–water partition coefficient (Wildman–Crippen LogP) is 0.690. The Morgan fingerprint density at radius 2 is 1.92 bits per heavy atom. The molecule has 0 aliphatic heterocycles. The van der Waals surface area contributed by atoms with Crippen molar-refractivity contribution >= 4 is 18.1 Å². The standard InChI is InChI=1S/C7H9N2O3.ClH/c8-12-5-6-1-3-7(4-2-6)9(10)11;/h1-4H,5H2,8H3;1H/q+1;. The molecule has 1 rings (SSSR count). The van der Waals surface area contributed by atoms with E-state index < -0.39 is 4.92 Å². The minimum atomic E-state index is -0.436. The molecule has 0 spiro atoms. The third kappa shape index (κ3) is 3.37. The second-order valence-corrected chi connectivity index (χ2v) is 2.27. The van der Waals surface area contributed by atoms with Crippen LogP contribution >= 0.6 is 12.4 Å². The first-order valence-electron chi connectivity index (χ1n) is 3.34. The summed E-state index contributed by atoms with van der Waals surface area (Å²) in [5.41, 5.74) is 0.957. The van der Waals surface area contributed by atoms with Gasteiger partial charge in [0.05, 0.1) is 4.92 Å². The summed E-state index contributed by atoms with van der Waals surface area (Å²) >= 11 is 0. The van der Waals surface area contributed by atoms with Crippen LogP contribution in [0.5, 0.6) is 0 Å². The molecule has 0 radical (unpaired) electrons. The highest BCUT2D eigenvalue weighted by Crippen LogP contribution is 2.11. The van der Waals surface area contributed by atoms with Crippen molar-refractivity contribution in [2.75, 3.05) is 0 Å². The Kier molecular flexibility index (Phi) is 4.98. The van der Waals surface area contributed by atoms with Crippen molar-refractivity contribution in [3.8, 4) is 0 Å². The molecule has 0 saturated carbocycles. The molecule has 1 aromatic rings. The van der Waals surface area contributed by atoms with Gasteiger partial charge in [-0.3, -0.25) is 10.1 Å². The van der Waals surface area contributed by atoms with Gasteiger partial charge in [-0.15, -0.1) is 12.4 Å². The Morgan fingerprint density at radius 1 is 1.38 bits per heavy atom. The average Bonchev–Trinajstić information content (AvgIpc) is 2.06. The zero-order valence-corrected chi connectivity index (χ0v) is 7.62. The van der Waals surface area contributed by atoms with Gasteiger partial charge in [-0.05, 0) is 17.7 Å². The molecule has 0 aliphatic carbocycles. The minimum Gasteiger partial charge on any atom is -0.258 e. The molecule has 0 aliphatic rings. The van der Waals surface area contributed by atoms with Crippen molar-refractivity contribution in [3.05, 3.63) is 39.9 Å². The van der Waals surface area contributed by atoms with Crippen molar-refractivity contribution in [2.24, 2.45) is 0 Å². The molecule has 0 atom stereocenters. The third-order valence-electron chi connectivity index (χ3n) is 1.42. The lowest BCUT2D eigenvalue weighted by atomic mass is 10.2. The number of nitro benzene ring substituents is 1. The maximum atomic E-state index is 10.2. The van der Waals surface area contributed by atoms with Crippen LogP contribution in [0.2, 0.25) is 0 Å². The van der Waals surface area contributed by atoms with Gasteiger partial charge in [-0.1, -0.05) is 0 Å². The number of nitro groups is 1. The SMILES string of the molecule is Cl.[NH3+]OCc1ccc([N+](=O)[O-])cc1. The Bertz CT molecular complexity index is 276. The third-order valence-corrected chi connectivity index (χ3v) is 1.42. The lowest BCUT2D eigenvalue weighted by molar-refractivity contribution is -0.695. The summed E-state index contributed by atoms with van der Waals surface area (Å²) in [7, 11) is 0. The molecule has 72 valence electrons. The monoisotopic (exact) mass is 205 g/mol. The predicted molar refractivity (Wildman–Crippen MR) is 48.0 cm³/mol. The molecule has 0 fully saturated rings. The molecule has 13 heavy (non-hydrogen) atoms. The second-order valence-electron chi connectivity index (χ2n) is 2.27. The van der Waals surface area contributed by atoms with E-state index >= 15 is 0 Å². The van der Waals surface area contributed by atoms with Gasteiger partial charge in [0.2, 0.25) is 0 Å². The molecule has 1 aromatic carbocycles. The molecule has 5 nitrogen and oxygen atoms in total. The smallest absolute Gasteiger partial charge is 0.258 e. The Labute approximate surface area is 81.0 Å². The first-order valence-corrected chi connectivity index (χ1v) is 3.34. The van der Waals surface area contributed by atoms with Crippen LogP contribution in [0.15, 0.2) is 24.3 Å². The number of hydrogen-bond acceptors (Lipinski definition) is 3. The Morgan fingerprint density at radius 3 is 2.31 bits per heavy atom. The highest BCUT2D eigenvalue weighted by atomic mass is 35.5. The number of hydrogen-bond donors (Lipinski definition) is 1. The van der Waals surface area contributed by atoms with Gasteiger partial charge >= 0.3 is 0 Å². The molecule has 0 aromatic heterocycles. The van der Waals surface area contributed by atoms with Crippen molar-refractivity contribution in [1.29, 1.82) is 0 Å². The summed E-state index contributed by atoms with van der Waals surface area (Å²) in [4.78, 5) is 14.4. The van der Waals surface area contributed by atoms with Crippen LogP contribution in [0.3, 0.4) is 0 Å². The highest BCUT2D eigenvalue weighted by Gasteiger charge is 2.03. The van der Waals surface area contributed by atoms with E-state index in [1.807, 2.05) is 0 Å². The molecular weight excluding hydrogens is 196 g/mol. The Balaban J connectivity index is 0.00000144. The molecular formula is C7H10ClN2O3+. The number of rotatable bonds is 3. The maximum absolute atomic E-state index is 10.2. The highest BCUT2D eigenvalue weighted by molar-refractivity contribution is 5.85. The van der Waals surface area contributed by atoms with Crippen LogP contribution < -0.4 is 5.90 Å². The van der Waals surface area contributed by atoms with Crippen molar-refractivity contribution < 1.29 is 15.7 Å². The van der Waals surface area contributed by atoms with E-state index in [1.54, 1.807) is 12.1 Å². The van der Waals surface area contributed by atoms with Gasteiger partial charge in [0, 0.05) is 12.1 Å². The van der Waals surface area contributed by atoms with Crippen LogP contribution in [-0.2, 0) is 11.4 Å². The largest absolute Gasteiger partial charge is 0.269 e. The van der Waals surface area contributed by atoms with Gasteiger partial charge < -0.3 is 0 Å². The molecule has 0 saturated heterocycles. The zero-order chi connectivity index (χ0) is 8.97. The fourth-order valence-electron chi connectivity index (χ4n) is 0.832. The number of non-ortho nitro benzene ring substituents is 1. The van der Waals surface area contributed by atoms with E-state index in [0.717, 1.165) is 5.56 Å². The van der Waals surface area contributed by atoms with Crippen molar-refractivity contribution in [2.45, 2.75) is 6.61 Å². The van der Waals surface area contributed by atoms with Crippen LogP contribution in [0, 0.1) is 10.1 Å². The zero-order valence-electron chi connectivity index (χ0n) is 6.80. The molecule has 3 N–H and O–H groups in total. The Hall–Kier alpha value is -1.17. The van der Waals surface area contributed by atoms with E-state index in [9.17, 15) is 10.1 Å². The second kappa shape index (κ2) is 5.47. The molecule has 0 heterocycles. The normalized spacial score (nSPS) is 9.00. The number of quaternary nitrogens is 1. The van der Waals surface area contributed by atoms with Gasteiger partial charge in [-0.25, -0.2) is 10.7 Å². The molecule has 0 amide bonds. The van der Waals surface area contributed by atoms with Gasteiger partial charge in [-0.2, -0.15) is 0 Å². The summed E-state index contributed by atoms with van der Waals surface area (Å²) < 4.78 is 0. The molecule has 6 heteroatoms. The first-order chi connectivity index (χ1) is 5.74. The van der Waals surface area contributed by atoms with Crippen molar-refractivity contribution in [1.82, 2.24) is 0 Å². The van der Waals surface area contributed by atoms with Crippen LogP contribution in [0.25, 0.3) is 0 Å². The van der Waals surface area contributed by atoms with Crippen LogP contribution in [-0.4, -0.2) is 4.92 Å². The van der Waals surface area contributed by atoms with Gasteiger partial charge in [0.15, 0.2) is 0 Å². The van der Waals surface area contributed by atoms with Crippen LogP contribution in [0.4, 0.5) is 5.69 Å². The topological polar surface area (TPSA) is 80.0 Å². The number of nitrogens with zero attached hydrogens (tertiary/aromatic N) is 1. The summed E-state index contributed by atoms with van der Waals surface area (Å²) in [6, 6.07) is 6.16. The lowest BCUT2D eigenvalue weighted by Gasteiger charge is -1.95. The molecule has 0 unspecified atom stereocenters. The van der Waals surface area contributed by atoms with E-state index in [0.29, 0.717) is 6.61 Å². The fourth-order valence-corrected chi connectivity index (χ4v) is 0.832. The lowest BCUT2D eigenvalue weighted by Crippen LogP contribution is -2.48. The van der Waals surface area contributed by atoms with Gasteiger partial charge in [0.1, 0.15) is 6.61 Å². The summed E-state index contributed by atoms with van der Waals surface area (Å²) in [6.07, 6.45) is 0. The quantitative estimate of drug-likeness (QED) is 0.582.